The fourth-order valence-electron chi connectivity index (χ4n) is 6.53. The molecular formula is C42H41O24+. The summed E-state index contributed by atoms with van der Waals surface area (Å²) in [5.74, 6) is -9.68. The molecule has 352 valence electrons. The van der Waals surface area contributed by atoms with E-state index in [4.69, 9.17) is 47.8 Å². The van der Waals surface area contributed by atoms with Crippen molar-refractivity contribution in [2.24, 2.45) is 0 Å². The van der Waals surface area contributed by atoms with E-state index in [1.54, 1.807) is 0 Å². The number of esters is 3. The maximum Gasteiger partial charge on any atom is 0.402 e. The average molecular weight is 930 g/mol. The van der Waals surface area contributed by atoms with Crippen LogP contribution in [0.4, 0.5) is 0 Å². The molecule has 0 aliphatic carbocycles. The van der Waals surface area contributed by atoms with Crippen LogP contribution in [-0.2, 0) is 47.7 Å². The van der Waals surface area contributed by atoms with Crippen LogP contribution >= 0.6 is 0 Å². The lowest BCUT2D eigenvalue weighted by atomic mass is 9.98. The van der Waals surface area contributed by atoms with Gasteiger partial charge in [-0.3, -0.25) is 19.2 Å². The maximum atomic E-state index is 12.5. The van der Waals surface area contributed by atoms with E-state index in [1.807, 2.05) is 0 Å². The van der Waals surface area contributed by atoms with Crippen LogP contribution in [0.5, 0.6) is 34.5 Å². The molecule has 3 aromatic carbocycles. The Bertz CT molecular complexity index is 2470. The molecule has 11 N–H and O–H groups in total. The SMILES string of the molecule is O=C(O)CC(=O)OC[C@H]1O[C@@H](Oc2cc(O)cc3[o+]c(-c4ccc(O)c(O)c4)c(O[C@@H]4O[C@H](COC(=O)C=Cc5ccc(O)cc5)[C@@H](O)[C@H](O)[C@H]4O)cc23)[C@H](O)[C@@H](O)[C@@H]1OC(=O)CC(=O)O. The Morgan fingerprint density at radius 1 is 0.621 bits per heavy atom. The van der Waals surface area contributed by atoms with Crippen molar-refractivity contribution in [3.63, 3.8) is 0 Å². The number of ether oxygens (including phenoxy) is 7. The van der Waals surface area contributed by atoms with Gasteiger partial charge in [0.05, 0.1) is 11.6 Å². The maximum absolute atomic E-state index is 12.5. The van der Waals surface area contributed by atoms with E-state index in [9.17, 15) is 69.9 Å². The summed E-state index contributed by atoms with van der Waals surface area (Å²) in [5.41, 5.74) is 0.277. The number of hydrogen-bond donors (Lipinski definition) is 11. The van der Waals surface area contributed by atoms with Gasteiger partial charge in [-0.05, 0) is 35.9 Å². The van der Waals surface area contributed by atoms with Crippen LogP contribution in [0.3, 0.4) is 0 Å². The molecule has 4 aromatic rings. The average Bonchev–Trinajstić information content (AvgIpc) is 3.25. The molecule has 0 radical (unpaired) electrons. The second-order valence-electron chi connectivity index (χ2n) is 14.6. The number of aliphatic hydroxyl groups is 5. The highest BCUT2D eigenvalue weighted by Crippen LogP contribution is 2.43. The molecule has 3 heterocycles. The van der Waals surface area contributed by atoms with E-state index in [0.29, 0.717) is 5.56 Å². The van der Waals surface area contributed by atoms with Crippen molar-refractivity contribution in [3.05, 3.63) is 72.3 Å². The number of carbonyl (C=O) groups excluding carboxylic acids is 3. The minimum absolute atomic E-state index is 0.00348. The zero-order valence-electron chi connectivity index (χ0n) is 33.8. The third-order valence-electron chi connectivity index (χ3n) is 9.80. The van der Waals surface area contributed by atoms with Gasteiger partial charge in [0.2, 0.25) is 18.3 Å². The first-order valence-corrected chi connectivity index (χ1v) is 19.4. The highest BCUT2D eigenvalue weighted by molar-refractivity contribution is 5.91. The minimum atomic E-state index is -2.16. The number of phenolic OH excluding ortho intramolecular Hbond substituents is 4. The standard InChI is InChI=1S/C42H40O24/c43-19-5-1-17(2-6-19)3-8-31(51)59-15-27-34(54)35(55)37(57)41(64-27)63-26-12-21-24(61-39(26)18-4-7-22(45)23(46)9-18)10-20(44)11-25(21)62-42-38(58)36(56)40(66-33(53)14-30(49)50)28(65-42)16-60-32(52)13-29(47)48/h1-12,27-28,34-38,40-42,54-58H,13-16H2,(H5-,43,44,45,46,47,48,49,50,51)/p+1/t27-,28-,34-,35+,36-,37-,38-,40-,41-,42-/m1/s1. The van der Waals surface area contributed by atoms with Gasteiger partial charge in [-0.1, -0.05) is 12.1 Å². The van der Waals surface area contributed by atoms with Crippen molar-refractivity contribution in [2.45, 2.75) is 74.3 Å². The molecule has 6 rings (SSSR count). The summed E-state index contributed by atoms with van der Waals surface area (Å²) in [6, 6.07) is 12.4. The fraction of sp³-hybridized carbons (Fsp3) is 0.333. The van der Waals surface area contributed by atoms with Crippen LogP contribution in [0, 0.1) is 0 Å². The number of aliphatic carboxylic acids is 2. The van der Waals surface area contributed by atoms with E-state index >= 15 is 0 Å². The lowest BCUT2D eigenvalue weighted by Crippen LogP contribution is -2.61. The van der Waals surface area contributed by atoms with Crippen molar-refractivity contribution in [1.29, 1.82) is 0 Å². The monoisotopic (exact) mass is 929 g/mol. The number of carboxylic acid groups (broad SMARTS) is 2. The lowest BCUT2D eigenvalue weighted by molar-refractivity contribution is -0.282. The normalized spacial score (nSPS) is 25.2. The quantitative estimate of drug-likeness (QED) is 0.0174. The number of aromatic hydroxyl groups is 4. The predicted molar refractivity (Wildman–Crippen MR) is 213 cm³/mol. The first-order chi connectivity index (χ1) is 31.3. The van der Waals surface area contributed by atoms with Gasteiger partial charge in [-0.25, -0.2) is 9.21 Å². The van der Waals surface area contributed by atoms with E-state index in [2.05, 4.69) is 0 Å². The summed E-state index contributed by atoms with van der Waals surface area (Å²) in [6.45, 7) is -1.62. The van der Waals surface area contributed by atoms with E-state index in [1.165, 1.54) is 36.4 Å². The Morgan fingerprint density at radius 3 is 1.91 bits per heavy atom. The number of carboxylic acids is 2. The third-order valence-corrected chi connectivity index (χ3v) is 9.80. The van der Waals surface area contributed by atoms with Gasteiger partial charge in [0.1, 0.15) is 91.4 Å². The number of aliphatic hydroxyl groups excluding tert-OH is 5. The summed E-state index contributed by atoms with van der Waals surface area (Å²) < 4.78 is 44.6. The molecule has 0 spiro atoms. The van der Waals surface area contributed by atoms with Gasteiger partial charge in [-0.2, -0.15) is 0 Å². The molecule has 0 unspecified atom stereocenters. The molecule has 24 heteroatoms. The second-order valence-corrected chi connectivity index (χ2v) is 14.6. The molecule has 24 nitrogen and oxygen atoms in total. The summed E-state index contributed by atoms with van der Waals surface area (Å²) in [5, 5.41) is 113. The molecule has 2 aliphatic rings. The van der Waals surface area contributed by atoms with Crippen molar-refractivity contribution in [3.8, 4) is 45.8 Å². The first-order valence-electron chi connectivity index (χ1n) is 19.4. The predicted octanol–water partition coefficient (Wildman–Crippen LogP) is -0.124. The van der Waals surface area contributed by atoms with Crippen molar-refractivity contribution >= 4 is 46.9 Å². The molecule has 1 aromatic heterocycles. The molecule has 2 saturated heterocycles. The number of carbonyl (C=O) groups is 5. The van der Waals surface area contributed by atoms with Gasteiger partial charge >= 0.3 is 41.2 Å². The molecule has 0 saturated carbocycles. The summed E-state index contributed by atoms with van der Waals surface area (Å²) in [4.78, 5) is 59.0. The van der Waals surface area contributed by atoms with Gasteiger partial charge < -0.3 is 89.3 Å². The molecule has 2 fully saturated rings. The van der Waals surface area contributed by atoms with Gasteiger partial charge in [0.15, 0.2) is 17.6 Å². The number of fused-ring (bicyclic) bond motifs is 1. The van der Waals surface area contributed by atoms with Crippen LogP contribution < -0.4 is 9.47 Å². The Labute approximate surface area is 369 Å². The zero-order chi connectivity index (χ0) is 48.0. The van der Waals surface area contributed by atoms with Crippen LogP contribution in [0.2, 0.25) is 0 Å². The lowest BCUT2D eigenvalue weighted by Gasteiger charge is -2.41. The molecular weight excluding hydrogens is 888 g/mol. The largest absolute Gasteiger partial charge is 0.508 e. The summed E-state index contributed by atoms with van der Waals surface area (Å²) >= 11 is 0. The summed E-state index contributed by atoms with van der Waals surface area (Å²) in [7, 11) is 0. The Morgan fingerprint density at radius 2 is 1.24 bits per heavy atom. The highest BCUT2D eigenvalue weighted by atomic mass is 16.7. The number of hydrogen-bond acceptors (Lipinski definition) is 21. The second kappa shape index (κ2) is 20.7. The van der Waals surface area contributed by atoms with Crippen LogP contribution in [0.1, 0.15) is 18.4 Å². The summed E-state index contributed by atoms with van der Waals surface area (Å²) in [6.07, 6.45) is -19.2. The molecule has 10 atom stereocenters. The van der Waals surface area contributed by atoms with Crippen molar-refractivity contribution in [1.82, 2.24) is 0 Å². The minimum Gasteiger partial charge on any atom is -0.508 e. The molecule has 2 aliphatic heterocycles. The Hall–Kier alpha value is -7.32. The smallest absolute Gasteiger partial charge is 0.402 e. The molecule has 0 amide bonds. The van der Waals surface area contributed by atoms with Gasteiger partial charge in [0, 0.05) is 24.3 Å². The fourth-order valence-corrected chi connectivity index (χ4v) is 6.53. The number of phenols is 4. The Balaban J connectivity index is 1.32. The highest BCUT2D eigenvalue weighted by Gasteiger charge is 2.50. The van der Waals surface area contributed by atoms with Gasteiger partial charge in [0.25, 0.3) is 0 Å². The topological polar surface area (TPSA) is 384 Å². The van der Waals surface area contributed by atoms with E-state index in [0.717, 1.165) is 36.4 Å². The van der Waals surface area contributed by atoms with Crippen molar-refractivity contribution in [2.75, 3.05) is 13.2 Å². The Kier molecular flexibility index (Phi) is 15.1. The van der Waals surface area contributed by atoms with E-state index in [-0.39, 0.29) is 28.0 Å². The first kappa shape index (κ1) is 48.1. The zero-order valence-corrected chi connectivity index (χ0v) is 33.8. The van der Waals surface area contributed by atoms with Crippen LogP contribution in [-0.4, -0.2) is 161 Å². The van der Waals surface area contributed by atoms with E-state index < -0.39 is 146 Å². The van der Waals surface area contributed by atoms with Crippen molar-refractivity contribution < 1.29 is 118 Å². The number of rotatable bonds is 16. The van der Waals surface area contributed by atoms with Crippen LogP contribution in [0.15, 0.2) is 71.2 Å². The van der Waals surface area contributed by atoms with Crippen LogP contribution in [0.25, 0.3) is 28.4 Å². The molecule has 0 bridgehead atoms. The third kappa shape index (κ3) is 11.7. The number of benzene rings is 3. The van der Waals surface area contributed by atoms with Gasteiger partial charge in [-0.15, -0.1) is 0 Å². The molecule has 66 heavy (non-hydrogen) atoms.